The van der Waals surface area contributed by atoms with Crippen molar-refractivity contribution in [1.29, 1.82) is 0 Å². The lowest BCUT2D eigenvalue weighted by molar-refractivity contribution is -0.911. The van der Waals surface area contributed by atoms with Gasteiger partial charge in [0, 0.05) is 24.9 Å². The summed E-state index contributed by atoms with van der Waals surface area (Å²) in [5, 5.41) is 4.93. The zero-order valence-electron chi connectivity index (χ0n) is 16.3. The average molecular weight is 396 g/mol. The molecule has 6 heteroatoms. The molecule has 0 unspecified atom stereocenters. The van der Waals surface area contributed by atoms with Crippen molar-refractivity contribution >= 4 is 12.2 Å². The van der Waals surface area contributed by atoms with Crippen LogP contribution < -0.4 is 9.64 Å². The van der Waals surface area contributed by atoms with Crippen molar-refractivity contribution in [3.8, 4) is 17.1 Å². The summed E-state index contributed by atoms with van der Waals surface area (Å²) >= 11 is 5.84. The van der Waals surface area contributed by atoms with Crippen LogP contribution in [0.1, 0.15) is 18.4 Å². The molecule has 0 spiro atoms. The first-order chi connectivity index (χ1) is 13.7. The highest BCUT2D eigenvalue weighted by Crippen LogP contribution is 2.22. The van der Waals surface area contributed by atoms with E-state index in [1.165, 1.54) is 31.5 Å². The third-order valence-electron chi connectivity index (χ3n) is 5.42. The van der Waals surface area contributed by atoms with E-state index in [1.807, 2.05) is 16.8 Å². The lowest BCUT2D eigenvalue weighted by atomic mass is 10.1. The molecule has 1 N–H and O–H groups in total. The summed E-state index contributed by atoms with van der Waals surface area (Å²) in [4.78, 5) is 1.56. The molecule has 1 saturated heterocycles. The van der Waals surface area contributed by atoms with Crippen molar-refractivity contribution in [1.82, 2.24) is 14.3 Å². The van der Waals surface area contributed by atoms with Gasteiger partial charge in [-0.25, -0.2) is 0 Å². The molecule has 0 bridgehead atoms. The summed E-state index contributed by atoms with van der Waals surface area (Å²) < 4.78 is 10.3. The van der Waals surface area contributed by atoms with Gasteiger partial charge in [0.05, 0.1) is 20.2 Å². The number of nitrogens with zero attached hydrogens (tertiary/aromatic N) is 3. The van der Waals surface area contributed by atoms with Crippen LogP contribution in [0.15, 0.2) is 54.6 Å². The van der Waals surface area contributed by atoms with Crippen LogP contribution in [0.25, 0.3) is 11.4 Å². The zero-order chi connectivity index (χ0) is 19.3. The van der Waals surface area contributed by atoms with E-state index < -0.39 is 0 Å². The number of benzene rings is 2. The van der Waals surface area contributed by atoms with E-state index in [1.54, 1.807) is 12.0 Å². The second-order valence-corrected chi connectivity index (χ2v) is 7.70. The number of aryl methyl sites for hydroxylation is 1. The summed E-state index contributed by atoms with van der Waals surface area (Å²) in [7, 11) is 1.68. The second kappa shape index (κ2) is 8.71. The predicted octanol–water partition coefficient (Wildman–Crippen LogP) is 2.97. The normalized spacial score (nSPS) is 14.5. The molecule has 2 heterocycles. The summed E-state index contributed by atoms with van der Waals surface area (Å²) in [5.41, 5.74) is 2.37. The Balaban J connectivity index is 1.65. The molecule has 5 nitrogen and oxygen atoms in total. The molecule has 0 radical (unpaired) electrons. The predicted molar refractivity (Wildman–Crippen MR) is 113 cm³/mol. The van der Waals surface area contributed by atoms with Crippen molar-refractivity contribution in [2.45, 2.75) is 32.5 Å². The molecule has 1 aromatic heterocycles. The van der Waals surface area contributed by atoms with Crippen molar-refractivity contribution in [2.24, 2.45) is 0 Å². The van der Waals surface area contributed by atoms with E-state index in [0.29, 0.717) is 0 Å². The number of quaternary nitrogens is 1. The van der Waals surface area contributed by atoms with Gasteiger partial charge in [-0.2, -0.15) is 4.68 Å². The van der Waals surface area contributed by atoms with Crippen molar-refractivity contribution in [2.75, 3.05) is 20.2 Å². The molecule has 2 aromatic carbocycles. The maximum absolute atomic E-state index is 5.84. The lowest BCUT2D eigenvalue weighted by Crippen LogP contribution is -3.09. The van der Waals surface area contributed by atoms with Gasteiger partial charge in [-0.15, -0.1) is 5.10 Å². The summed E-state index contributed by atoms with van der Waals surface area (Å²) in [5.74, 6) is 1.78. The first-order valence-corrected chi connectivity index (χ1v) is 10.3. The molecule has 0 amide bonds. The fourth-order valence-electron chi connectivity index (χ4n) is 3.83. The summed E-state index contributed by atoms with van der Waals surface area (Å²) in [6.07, 6.45) is 3.52. The van der Waals surface area contributed by atoms with Gasteiger partial charge in [-0.05, 0) is 48.5 Å². The molecule has 0 saturated carbocycles. The minimum Gasteiger partial charge on any atom is -0.497 e. The monoisotopic (exact) mass is 395 g/mol. The fourth-order valence-corrected chi connectivity index (χ4v) is 4.11. The van der Waals surface area contributed by atoms with E-state index in [0.717, 1.165) is 41.5 Å². The second-order valence-electron chi connectivity index (χ2n) is 7.34. The molecule has 4 rings (SSSR count). The Bertz CT molecular complexity index is 956. The molecular formula is C22H27N4OS+. The van der Waals surface area contributed by atoms with Crippen molar-refractivity contribution < 1.29 is 9.64 Å². The van der Waals surface area contributed by atoms with E-state index in [4.69, 9.17) is 22.1 Å². The van der Waals surface area contributed by atoms with Gasteiger partial charge in [0.25, 0.3) is 0 Å². The highest BCUT2D eigenvalue weighted by molar-refractivity contribution is 7.71. The van der Waals surface area contributed by atoms with Gasteiger partial charge in [0.15, 0.2) is 12.5 Å². The standard InChI is InChI=1S/C22H26N4OS/c1-27-20-11-9-19(10-12-20)21-23-26(17-24-14-5-6-15-24)22(28)25(21)16-13-18-7-3-2-4-8-18/h2-4,7-12H,5-6,13-17H2,1H3/p+1. The van der Waals surface area contributed by atoms with Crippen LogP contribution in [0.5, 0.6) is 5.75 Å². The Kier molecular flexibility index (Phi) is 5.88. The third-order valence-corrected chi connectivity index (χ3v) is 5.85. The highest BCUT2D eigenvalue weighted by Gasteiger charge is 2.19. The topological polar surface area (TPSA) is 36.4 Å². The number of ether oxygens (including phenoxy) is 1. The molecule has 0 aliphatic carbocycles. The number of methoxy groups -OCH3 is 1. The van der Waals surface area contributed by atoms with E-state index >= 15 is 0 Å². The first kappa shape index (κ1) is 18.9. The maximum atomic E-state index is 5.84. The molecular weight excluding hydrogens is 368 g/mol. The average Bonchev–Trinajstić information content (AvgIpc) is 3.36. The smallest absolute Gasteiger partial charge is 0.203 e. The Hall–Kier alpha value is -2.44. The van der Waals surface area contributed by atoms with Crippen LogP contribution in [-0.4, -0.2) is 34.5 Å². The Morgan fingerprint density at radius 3 is 2.43 bits per heavy atom. The highest BCUT2D eigenvalue weighted by atomic mass is 32.1. The van der Waals surface area contributed by atoms with Gasteiger partial charge < -0.3 is 9.64 Å². The molecule has 3 aromatic rings. The summed E-state index contributed by atoms with van der Waals surface area (Å²) in [6.45, 7) is 4.08. The number of hydrogen-bond donors (Lipinski definition) is 1. The fraction of sp³-hybridized carbons (Fsp3) is 0.364. The van der Waals surface area contributed by atoms with Crippen molar-refractivity contribution in [3.63, 3.8) is 0 Å². The number of hydrogen-bond acceptors (Lipinski definition) is 3. The zero-order valence-corrected chi connectivity index (χ0v) is 17.1. The molecule has 1 fully saturated rings. The van der Waals surface area contributed by atoms with E-state index in [9.17, 15) is 0 Å². The van der Waals surface area contributed by atoms with Crippen LogP contribution in [0.4, 0.5) is 0 Å². The SMILES string of the molecule is COc1ccc(-c2nn(C[NH+]3CCCC3)c(=S)n2CCc2ccccc2)cc1. The third kappa shape index (κ3) is 4.18. The molecule has 1 aliphatic rings. The van der Waals surface area contributed by atoms with Gasteiger partial charge >= 0.3 is 0 Å². The minimum atomic E-state index is 0.807. The largest absolute Gasteiger partial charge is 0.497 e. The van der Waals surface area contributed by atoms with Crippen LogP contribution >= 0.6 is 12.2 Å². The van der Waals surface area contributed by atoms with Gasteiger partial charge in [0.2, 0.25) is 4.77 Å². The van der Waals surface area contributed by atoms with Crippen LogP contribution in [0.2, 0.25) is 0 Å². The minimum absolute atomic E-state index is 0.807. The number of nitrogens with one attached hydrogen (secondary N) is 1. The first-order valence-electron chi connectivity index (χ1n) is 9.94. The Labute approximate surface area is 171 Å². The molecule has 146 valence electrons. The maximum Gasteiger partial charge on any atom is 0.203 e. The van der Waals surface area contributed by atoms with E-state index in [2.05, 4.69) is 47.0 Å². The van der Waals surface area contributed by atoms with Gasteiger partial charge in [-0.1, -0.05) is 30.3 Å². The number of rotatable bonds is 7. The van der Waals surface area contributed by atoms with Gasteiger partial charge in [-0.3, -0.25) is 4.57 Å². The van der Waals surface area contributed by atoms with Crippen molar-refractivity contribution in [3.05, 3.63) is 64.9 Å². The molecule has 1 aliphatic heterocycles. The van der Waals surface area contributed by atoms with Crippen LogP contribution in [0.3, 0.4) is 0 Å². The Morgan fingerprint density at radius 2 is 1.75 bits per heavy atom. The quantitative estimate of drug-likeness (QED) is 0.625. The van der Waals surface area contributed by atoms with Crippen LogP contribution in [-0.2, 0) is 19.6 Å². The molecule has 28 heavy (non-hydrogen) atoms. The van der Waals surface area contributed by atoms with Crippen LogP contribution in [0, 0.1) is 4.77 Å². The lowest BCUT2D eigenvalue weighted by Gasteiger charge is -2.11. The molecule has 0 atom stereocenters. The van der Waals surface area contributed by atoms with Gasteiger partial charge in [0.1, 0.15) is 5.75 Å². The number of aromatic nitrogens is 3. The number of likely N-dealkylation sites (tertiary alicyclic amines) is 1. The van der Waals surface area contributed by atoms with E-state index in [-0.39, 0.29) is 0 Å². The summed E-state index contributed by atoms with van der Waals surface area (Å²) in [6, 6.07) is 18.6. The Morgan fingerprint density at radius 1 is 1.04 bits per heavy atom.